The van der Waals surface area contributed by atoms with Gasteiger partial charge in [-0.25, -0.2) is 0 Å². The van der Waals surface area contributed by atoms with E-state index in [4.69, 9.17) is 0 Å². The Labute approximate surface area is 71.1 Å². The molecule has 0 radical (unpaired) electrons. The quantitative estimate of drug-likeness (QED) is 0.608. The summed E-state index contributed by atoms with van der Waals surface area (Å²) in [5.41, 5.74) is -0.0461. The summed E-state index contributed by atoms with van der Waals surface area (Å²) in [4.78, 5) is 0. The van der Waals surface area contributed by atoms with Gasteiger partial charge in [0.05, 0.1) is 0 Å². The molecule has 2 unspecified atom stereocenters. The zero-order chi connectivity index (χ0) is 9.57. The second-order valence-corrected chi connectivity index (χ2v) is 4.38. The molecule has 0 aliphatic heterocycles. The summed E-state index contributed by atoms with van der Waals surface area (Å²) in [6.45, 7) is 5.95. The molecule has 0 heterocycles. The fourth-order valence-electron chi connectivity index (χ4n) is 1.76. The average Bonchev–Trinajstić information content (AvgIpc) is 2.38. The van der Waals surface area contributed by atoms with Crippen LogP contribution in [-0.4, -0.2) is 6.18 Å². The molecule has 1 fully saturated rings. The van der Waals surface area contributed by atoms with E-state index in [2.05, 4.69) is 0 Å². The summed E-state index contributed by atoms with van der Waals surface area (Å²) in [5.74, 6) is 0.238. The third-order valence-corrected chi connectivity index (χ3v) is 3.26. The Bertz CT molecular complexity index is 171. The Kier molecular flexibility index (Phi) is 2.17. The highest BCUT2D eigenvalue weighted by atomic mass is 19.4. The molecule has 0 spiro atoms. The third-order valence-electron chi connectivity index (χ3n) is 3.26. The van der Waals surface area contributed by atoms with E-state index in [1.807, 2.05) is 20.8 Å². The first-order chi connectivity index (χ1) is 5.26. The maximum atomic E-state index is 12.0. The second kappa shape index (κ2) is 2.64. The summed E-state index contributed by atoms with van der Waals surface area (Å²) >= 11 is 0. The van der Waals surface area contributed by atoms with Crippen molar-refractivity contribution >= 4 is 0 Å². The number of rotatable bonds is 2. The highest BCUT2D eigenvalue weighted by Crippen LogP contribution is 2.60. The van der Waals surface area contributed by atoms with Gasteiger partial charge in [0.2, 0.25) is 0 Å². The van der Waals surface area contributed by atoms with E-state index in [1.54, 1.807) is 0 Å². The Hall–Kier alpha value is -0.210. The van der Waals surface area contributed by atoms with E-state index in [9.17, 15) is 13.2 Å². The van der Waals surface area contributed by atoms with E-state index in [-0.39, 0.29) is 11.3 Å². The summed E-state index contributed by atoms with van der Waals surface area (Å²) in [5, 5.41) is 0. The minimum Gasteiger partial charge on any atom is -0.171 e. The maximum absolute atomic E-state index is 12.0. The fourth-order valence-corrected chi connectivity index (χ4v) is 1.76. The normalized spacial score (nSPS) is 35.8. The average molecular weight is 180 g/mol. The number of alkyl halides is 3. The lowest BCUT2D eigenvalue weighted by Gasteiger charge is -2.16. The van der Waals surface area contributed by atoms with Gasteiger partial charge in [-0.3, -0.25) is 0 Å². The van der Waals surface area contributed by atoms with Gasteiger partial charge in [-0.15, -0.1) is 0 Å². The molecule has 0 nitrogen and oxygen atoms in total. The van der Waals surface area contributed by atoms with E-state index in [1.165, 1.54) is 0 Å². The summed E-state index contributed by atoms with van der Waals surface area (Å²) in [6.07, 6.45) is -3.83. The first-order valence-electron chi connectivity index (χ1n) is 4.32. The topological polar surface area (TPSA) is 0 Å². The van der Waals surface area contributed by atoms with E-state index in [0.29, 0.717) is 5.92 Å². The van der Waals surface area contributed by atoms with Crippen molar-refractivity contribution in [3.05, 3.63) is 0 Å². The fraction of sp³-hybridized carbons (Fsp3) is 1.00. The lowest BCUT2D eigenvalue weighted by molar-refractivity contribution is -0.140. The molecule has 1 aliphatic carbocycles. The van der Waals surface area contributed by atoms with Crippen molar-refractivity contribution in [2.75, 3.05) is 0 Å². The number of hydrogen-bond acceptors (Lipinski definition) is 0. The van der Waals surface area contributed by atoms with Crippen LogP contribution in [0.4, 0.5) is 13.2 Å². The molecule has 0 aromatic rings. The van der Waals surface area contributed by atoms with Crippen molar-refractivity contribution < 1.29 is 13.2 Å². The van der Waals surface area contributed by atoms with Crippen LogP contribution in [-0.2, 0) is 0 Å². The lowest BCUT2D eigenvalue weighted by Crippen LogP contribution is -2.14. The maximum Gasteiger partial charge on any atom is 0.389 e. The van der Waals surface area contributed by atoms with Gasteiger partial charge in [-0.1, -0.05) is 20.8 Å². The molecule has 1 aliphatic rings. The van der Waals surface area contributed by atoms with Crippen LogP contribution in [0.3, 0.4) is 0 Å². The van der Waals surface area contributed by atoms with Gasteiger partial charge in [0.15, 0.2) is 0 Å². The zero-order valence-electron chi connectivity index (χ0n) is 7.70. The Morgan fingerprint density at radius 3 is 2.17 bits per heavy atom. The molecule has 3 heteroatoms. The molecular formula is C9H15F3. The highest BCUT2D eigenvalue weighted by molar-refractivity contribution is 5.01. The van der Waals surface area contributed by atoms with E-state index in [0.717, 1.165) is 6.42 Å². The van der Waals surface area contributed by atoms with Crippen LogP contribution in [0.1, 0.15) is 33.6 Å². The first-order valence-corrected chi connectivity index (χ1v) is 4.32. The van der Waals surface area contributed by atoms with Crippen LogP contribution in [0.25, 0.3) is 0 Å². The molecule has 0 N–H and O–H groups in total. The summed E-state index contributed by atoms with van der Waals surface area (Å²) < 4.78 is 35.9. The molecule has 1 rings (SSSR count). The standard InChI is InChI=1S/C9H15F3/c1-6(2)8(3)4-7(8)5-9(10,11)12/h6-7H,4-5H2,1-3H3. The summed E-state index contributed by atoms with van der Waals surface area (Å²) in [7, 11) is 0. The van der Waals surface area contributed by atoms with Gasteiger partial charge in [0, 0.05) is 6.42 Å². The lowest BCUT2D eigenvalue weighted by atomic mass is 9.91. The molecule has 0 aromatic carbocycles. The van der Waals surface area contributed by atoms with Gasteiger partial charge < -0.3 is 0 Å². The molecule has 1 saturated carbocycles. The largest absolute Gasteiger partial charge is 0.389 e. The van der Waals surface area contributed by atoms with Crippen LogP contribution in [0.15, 0.2) is 0 Å². The molecule has 0 amide bonds. The van der Waals surface area contributed by atoms with Crippen molar-refractivity contribution in [2.45, 2.75) is 39.8 Å². The summed E-state index contributed by atoms with van der Waals surface area (Å²) in [6, 6.07) is 0. The van der Waals surface area contributed by atoms with Crippen molar-refractivity contribution in [2.24, 2.45) is 17.3 Å². The SMILES string of the molecule is CC(C)C1(C)CC1CC(F)(F)F. The Morgan fingerprint density at radius 2 is 1.92 bits per heavy atom. The van der Waals surface area contributed by atoms with E-state index >= 15 is 0 Å². The van der Waals surface area contributed by atoms with Gasteiger partial charge in [0.1, 0.15) is 0 Å². The Morgan fingerprint density at radius 1 is 1.42 bits per heavy atom. The molecule has 2 atom stereocenters. The molecule has 0 bridgehead atoms. The van der Waals surface area contributed by atoms with Gasteiger partial charge in [0.25, 0.3) is 0 Å². The van der Waals surface area contributed by atoms with Crippen LogP contribution in [0.2, 0.25) is 0 Å². The number of hydrogen-bond donors (Lipinski definition) is 0. The van der Waals surface area contributed by atoms with Crippen molar-refractivity contribution in [1.29, 1.82) is 0 Å². The first kappa shape index (κ1) is 9.87. The van der Waals surface area contributed by atoms with Crippen LogP contribution in [0.5, 0.6) is 0 Å². The van der Waals surface area contributed by atoms with Crippen molar-refractivity contribution in [3.8, 4) is 0 Å². The van der Waals surface area contributed by atoms with Gasteiger partial charge in [-0.05, 0) is 23.7 Å². The second-order valence-electron chi connectivity index (χ2n) is 4.38. The van der Waals surface area contributed by atoms with Crippen LogP contribution in [0, 0.1) is 17.3 Å². The Balaban J connectivity index is 2.42. The smallest absolute Gasteiger partial charge is 0.171 e. The predicted molar refractivity (Wildman–Crippen MR) is 41.7 cm³/mol. The minimum absolute atomic E-state index is 0.0461. The van der Waals surface area contributed by atoms with Crippen molar-refractivity contribution in [1.82, 2.24) is 0 Å². The highest BCUT2D eigenvalue weighted by Gasteiger charge is 2.55. The molecule has 0 aromatic heterocycles. The van der Waals surface area contributed by atoms with Gasteiger partial charge in [-0.2, -0.15) is 13.2 Å². The molecule has 72 valence electrons. The zero-order valence-corrected chi connectivity index (χ0v) is 7.70. The van der Waals surface area contributed by atoms with Crippen molar-refractivity contribution in [3.63, 3.8) is 0 Å². The van der Waals surface area contributed by atoms with Crippen LogP contribution < -0.4 is 0 Å². The molecule has 0 saturated heterocycles. The molecular weight excluding hydrogens is 165 g/mol. The van der Waals surface area contributed by atoms with Crippen LogP contribution >= 0.6 is 0 Å². The predicted octanol–water partition coefficient (Wildman–Crippen LogP) is 3.62. The minimum atomic E-state index is -3.97. The monoisotopic (exact) mass is 180 g/mol. The molecule has 12 heavy (non-hydrogen) atoms. The van der Waals surface area contributed by atoms with Gasteiger partial charge >= 0.3 is 6.18 Å². The number of halogens is 3. The van der Waals surface area contributed by atoms with E-state index < -0.39 is 12.6 Å². The third kappa shape index (κ3) is 1.93.